The molecule has 21 heavy (non-hydrogen) atoms. The number of rotatable bonds is 10. The smallest absolute Gasteiger partial charge is 0.222 e. The fraction of sp³-hybridized carbons (Fsp3) is 0.944. The van der Waals surface area contributed by atoms with E-state index in [0.717, 1.165) is 25.8 Å². The van der Waals surface area contributed by atoms with Crippen molar-refractivity contribution >= 4 is 5.91 Å². The van der Waals surface area contributed by atoms with E-state index in [-0.39, 0.29) is 0 Å². The second-order valence-corrected chi connectivity index (χ2v) is 6.72. The SMILES string of the molecule is CCCCCCCCCC(=O)N(C)C1CCCCC1CN. The summed E-state index contributed by atoms with van der Waals surface area (Å²) < 4.78 is 0. The summed E-state index contributed by atoms with van der Waals surface area (Å²) in [4.78, 5) is 14.3. The third kappa shape index (κ3) is 6.82. The Kier molecular flexibility index (Phi) is 9.73. The van der Waals surface area contributed by atoms with Gasteiger partial charge in [0.05, 0.1) is 0 Å². The highest BCUT2D eigenvalue weighted by atomic mass is 16.2. The van der Waals surface area contributed by atoms with Crippen molar-refractivity contribution in [1.82, 2.24) is 4.90 Å². The molecule has 3 nitrogen and oxygen atoms in total. The highest BCUT2D eigenvalue weighted by Crippen LogP contribution is 2.27. The normalized spacial score (nSPS) is 22.2. The fourth-order valence-corrected chi connectivity index (χ4v) is 3.57. The minimum atomic E-state index is 0.328. The molecule has 1 amide bonds. The lowest BCUT2D eigenvalue weighted by atomic mass is 9.83. The van der Waals surface area contributed by atoms with Crippen molar-refractivity contribution in [2.45, 2.75) is 90.0 Å². The minimum Gasteiger partial charge on any atom is -0.342 e. The van der Waals surface area contributed by atoms with Crippen molar-refractivity contribution in [3.63, 3.8) is 0 Å². The summed E-state index contributed by atoms with van der Waals surface area (Å²) in [6.07, 6.45) is 14.4. The van der Waals surface area contributed by atoms with Crippen LogP contribution in [-0.4, -0.2) is 30.4 Å². The molecule has 2 atom stereocenters. The van der Waals surface area contributed by atoms with Crippen molar-refractivity contribution in [1.29, 1.82) is 0 Å². The van der Waals surface area contributed by atoms with Gasteiger partial charge in [0.25, 0.3) is 0 Å². The first-order valence-electron chi connectivity index (χ1n) is 9.16. The van der Waals surface area contributed by atoms with Crippen LogP contribution < -0.4 is 5.73 Å². The van der Waals surface area contributed by atoms with Crippen molar-refractivity contribution < 1.29 is 4.79 Å². The second-order valence-electron chi connectivity index (χ2n) is 6.72. The highest BCUT2D eigenvalue weighted by Gasteiger charge is 2.29. The summed E-state index contributed by atoms with van der Waals surface area (Å²) in [5, 5.41) is 0. The Morgan fingerprint density at radius 2 is 1.67 bits per heavy atom. The number of carbonyl (C=O) groups is 1. The molecule has 2 N–H and O–H groups in total. The van der Waals surface area contributed by atoms with Gasteiger partial charge in [-0.05, 0) is 31.7 Å². The quantitative estimate of drug-likeness (QED) is 0.617. The monoisotopic (exact) mass is 296 g/mol. The van der Waals surface area contributed by atoms with E-state index in [2.05, 4.69) is 6.92 Å². The molecule has 0 heterocycles. The minimum absolute atomic E-state index is 0.328. The zero-order valence-corrected chi connectivity index (χ0v) is 14.3. The van der Waals surface area contributed by atoms with Crippen LogP contribution in [0.3, 0.4) is 0 Å². The van der Waals surface area contributed by atoms with Crippen molar-refractivity contribution in [2.75, 3.05) is 13.6 Å². The molecule has 0 spiro atoms. The van der Waals surface area contributed by atoms with E-state index >= 15 is 0 Å². The predicted molar refractivity (Wildman–Crippen MR) is 90.2 cm³/mol. The van der Waals surface area contributed by atoms with Crippen LogP contribution in [0.25, 0.3) is 0 Å². The number of nitrogens with zero attached hydrogens (tertiary/aromatic N) is 1. The summed E-state index contributed by atoms with van der Waals surface area (Å²) in [5.41, 5.74) is 5.87. The Labute approximate surface area is 131 Å². The Bertz CT molecular complexity index is 280. The van der Waals surface area contributed by atoms with Gasteiger partial charge in [0.2, 0.25) is 5.91 Å². The van der Waals surface area contributed by atoms with Gasteiger partial charge in [0, 0.05) is 19.5 Å². The van der Waals surface area contributed by atoms with E-state index in [4.69, 9.17) is 5.73 Å². The summed E-state index contributed by atoms with van der Waals surface area (Å²) in [6, 6.07) is 0.390. The van der Waals surface area contributed by atoms with E-state index in [0.29, 0.717) is 17.9 Å². The predicted octanol–water partition coefficient (Wildman–Crippen LogP) is 4.10. The van der Waals surface area contributed by atoms with Gasteiger partial charge in [-0.15, -0.1) is 0 Å². The molecule has 1 aliphatic rings. The highest BCUT2D eigenvalue weighted by molar-refractivity contribution is 5.76. The topological polar surface area (TPSA) is 46.3 Å². The first-order valence-corrected chi connectivity index (χ1v) is 9.16. The number of carbonyl (C=O) groups excluding carboxylic acids is 1. The molecule has 0 aliphatic heterocycles. The second kappa shape index (κ2) is 11.1. The van der Waals surface area contributed by atoms with Crippen LogP contribution in [0.4, 0.5) is 0 Å². The van der Waals surface area contributed by atoms with Gasteiger partial charge in [0.1, 0.15) is 0 Å². The average molecular weight is 296 g/mol. The molecular weight excluding hydrogens is 260 g/mol. The van der Waals surface area contributed by atoms with E-state index < -0.39 is 0 Å². The van der Waals surface area contributed by atoms with Gasteiger partial charge in [-0.2, -0.15) is 0 Å². The standard InChI is InChI=1S/C18H36N2O/c1-3-4-5-6-7-8-9-14-18(21)20(2)17-13-11-10-12-16(17)15-19/h16-17H,3-15,19H2,1-2H3. The zero-order valence-electron chi connectivity index (χ0n) is 14.3. The van der Waals surface area contributed by atoms with Gasteiger partial charge in [-0.3, -0.25) is 4.79 Å². The first kappa shape index (κ1) is 18.5. The van der Waals surface area contributed by atoms with E-state index in [1.54, 1.807) is 0 Å². The molecular formula is C18H36N2O. The molecule has 0 bridgehead atoms. The molecule has 0 aromatic heterocycles. The number of amides is 1. The maximum atomic E-state index is 12.3. The van der Waals surface area contributed by atoms with Gasteiger partial charge < -0.3 is 10.6 Å². The van der Waals surface area contributed by atoms with Crippen LogP contribution in [0.2, 0.25) is 0 Å². The molecule has 0 aromatic carbocycles. The molecule has 1 fully saturated rings. The van der Waals surface area contributed by atoms with Crippen LogP contribution in [0.1, 0.15) is 84.0 Å². The third-order valence-electron chi connectivity index (χ3n) is 5.06. The lowest BCUT2D eigenvalue weighted by molar-refractivity contribution is -0.133. The lowest BCUT2D eigenvalue weighted by Gasteiger charge is -2.37. The molecule has 0 aromatic rings. The third-order valence-corrected chi connectivity index (χ3v) is 5.06. The maximum Gasteiger partial charge on any atom is 0.222 e. The maximum absolute atomic E-state index is 12.3. The first-order chi connectivity index (χ1) is 10.2. The summed E-state index contributed by atoms with van der Waals surface area (Å²) >= 11 is 0. The Morgan fingerprint density at radius 1 is 1.05 bits per heavy atom. The molecule has 3 heteroatoms. The van der Waals surface area contributed by atoms with E-state index in [9.17, 15) is 4.79 Å². The van der Waals surface area contributed by atoms with Crippen molar-refractivity contribution in [3.8, 4) is 0 Å². The van der Waals surface area contributed by atoms with Crippen LogP contribution in [0.15, 0.2) is 0 Å². The number of nitrogens with two attached hydrogens (primary N) is 1. The Balaban J connectivity index is 2.18. The summed E-state index contributed by atoms with van der Waals surface area (Å²) in [5.74, 6) is 0.843. The molecule has 1 saturated carbocycles. The number of hydrogen-bond donors (Lipinski definition) is 1. The van der Waals surface area contributed by atoms with Gasteiger partial charge >= 0.3 is 0 Å². The van der Waals surface area contributed by atoms with Crippen LogP contribution >= 0.6 is 0 Å². The van der Waals surface area contributed by atoms with Crippen LogP contribution in [0.5, 0.6) is 0 Å². The lowest BCUT2D eigenvalue weighted by Crippen LogP contribution is -2.45. The Morgan fingerprint density at radius 3 is 2.33 bits per heavy atom. The molecule has 2 unspecified atom stereocenters. The molecule has 0 radical (unpaired) electrons. The van der Waals surface area contributed by atoms with Gasteiger partial charge in [-0.25, -0.2) is 0 Å². The van der Waals surface area contributed by atoms with Crippen molar-refractivity contribution in [3.05, 3.63) is 0 Å². The molecule has 0 saturated heterocycles. The van der Waals surface area contributed by atoms with E-state index in [1.165, 1.54) is 57.8 Å². The van der Waals surface area contributed by atoms with Gasteiger partial charge in [-0.1, -0.05) is 58.3 Å². The Hall–Kier alpha value is -0.570. The molecule has 1 rings (SSSR count). The van der Waals surface area contributed by atoms with Crippen LogP contribution in [-0.2, 0) is 4.79 Å². The summed E-state index contributed by atoms with van der Waals surface area (Å²) in [7, 11) is 1.99. The van der Waals surface area contributed by atoms with Crippen molar-refractivity contribution in [2.24, 2.45) is 11.7 Å². The van der Waals surface area contributed by atoms with Gasteiger partial charge in [0.15, 0.2) is 0 Å². The molecule has 124 valence electrons. The number of unbranched alkanes of at least 4 members (excludes halogenated alkanes) is 6. The zero-order chi connectivity index (χ0) is 15.5. The summed E-state index contributed by atoms with van der Waals surface area (Å²) in [6.45, 7) is 2.97. The average Bonchev–Trinajstić information content (AvgIpc) is 2.53. The fourth-order valence-electron chi connectivity index (χ4n) is 3.57. The van der Waals surface area contributed by atoms with Crippen LogP contribution in [0, 0.1) is 5.92 Å². The molecule has 1 aliphatic carbocycles. The number of hydrogen-bond acceptors (Lipinski definition) is 2. The largest absolute Gasteiger partial charge is 0.342 e. The van der Waals surface area contributed by atoms with E-state index in [1.807, 2.05) is 11.9 Å².